The molecule has 0 saturated heterocycles. The summed E-state index contributed by atoms with van der Waals surface area (Å²) in [4.78, 5) is 0. The number of allylic oxidation sites excluding steroid dienone is 2. The molecule has 0 N–H and O–H groups in total. The molecule has 2 atom stereocenters. The Morgan fingerprint density at radius 1 is 0.882 bits per heavy atom. The van der Waals surface area contributed by atoms with Crippen LogP contribution in [0.15, 0.2) is 78.4 Å². The van der Waals surface area contributed by atoms with Crippen LogP contribution >= 0.6 is 17.0 Å². The molecule has 3 aromatic rings. The van der Waals surface area contributed by atoms with Crippen molar-refractivity contribution in [3.63, 3.8) is 0 Å². The number of aryl methyl sites for hydroxylation is 1. The summed E-state index contributed by atoms with van der Waals surface area (Å²) in [7, 11) is 16.4. The molecule has 5 rings (SSSR count). The maximum absolute atomic E-state index is 8.19. The third-order valence-electron chi connectivity index (χ3n) is 8.10. The van der Waals surface area contributed by atoms with Crippen LogP contribution in [-0.2, 0) is 15.6 Å². The molecule has 0 radical (unpaired) electrons. The zero-order chi connectivity index (χ0) is 24.1. The monoisotopic (exact) mass is 581 g/mol. The van der Waals surface area contributed by atoms with Crippen molar-refractivity contribution in [2.75, 3.05) is 0 Å². The Bertz CT molecular complexity index is 1300. The topological polar surface area (TPSA) is 0 Å². The van der Waals surface area contributed by atoms with E-state index in [1.54, 1.807) is 0 Å². The zero-order valence-corrected chi connectivity index (χ0v) is 25.6. The van der Waals surface area contributed by atoms with E-state index in [1.165, 1.54) is 44.5 Å². The van der Waals surface area contributed by atoms with E-state index in [4.69, 9.17) is 17.0 Å². The van der Waals surface area contributed by atoms with E-state index in [0.29, 0.717) is 0 Å². The van der Waals surface area contributed by atoms with Gasteiger partial charge in [-0.15, -0.1) is 0 Å². The quantitative estimate of drug-likeness (QED) is 0.254. The van der Waals surface area contributed by atoms with Crippen molar-refractivity contribution >= 4 is 35.1 Å². The van der Waals surface area contributed by atoms with E-state index in [2.05, 4.69) is 112 Å². The van der Waals surface area contributed by atoms with Crippen LogP contribution in [0.1, 0.15) is 54.8 Å². The molecule has 2 aliphatic rings. The van der Waals surface area contributed by atoms with Gasteiger partial charge in [0.25, 0.3) is 0 Å². The number of hydrogen-bond acceptors (Lipinski definition) is 0. The van der Waals surface area contributed by atoms with Gasteiger partial charge in [-0.05, 0) is 0 Å². The van der Waals surface area contributed by atoms with E-state index >= 15 is 0 Å². The zero-order valence-electron chi connectivity index (χ0n) is 20.5. The van der Waals surface area contributed by atoms with Gasteiger partial charge in [-0.1, -0.05) is 0 Å². The Kier molecular flexibility index (Phi) is 6.52. The van der Waals surface area contributed by atoms with E-state index in [9.17, 15) is 0 Å². The number of rotatable bonds is 6. The Hall–Kier alpha value is -1.18. The van der Waals surface area contributed by atoms with E-state index in [-0.39, 0.29) is 7.25 Å². The van der Waals surface area contributed by atoms with Crippen molar-refractivity contribution in [2.24, 2.45) is 0 Å². The predicted octanol–water partition coefficient (Wildman–Crippen LogP) is 9.65. The summed E-state index contributed by atoms with van der Waals surface area (Å²) in [5.74, 6) is -1.45. The van der Waals surface area contributed by atoms with Gasteiger partial charge in [0.05, 0.1) is 0 Å². The normalized spacial score (nSPS) is 20.1. The average Bonchev–Trinajstić information content (AvgIpc) is 3.42. The van der Waals surface area contributed by atoms with Gasteiger partial charge in [0.2, 0.25) is 0 Å². The molecule has 0 spiro atoms. The summed E-state index contributed by atoms with van der Waals surface area (Å²) in [6.45, 7) is 9.23. The van der Waals surface area contributed by atoms with Gasteiger partial charge >= 0.3 is 215 Å². The van der Waals surface area contributed by atoms with E-state index in [1.807, 2.05) is 0 Å². The van der Waals surface area contributed by atoms with Crippen molar-refractivity contribution in [1.82, 2.24) is 0 Å². The minimum absolute atomic E-state index is 0.173. The van der Waals surface area contributed by atoms with Crippen LogP contribution in [0.2, 0.25) is 13.1 Å². The molecule has 0 amide bonds. The summed E-state index contributed by atoms with van der Waals surface area (Å²) < 4.78 is 0.351. The van der Waals surface area contributed by atoms with Gasteiger partial charge in [-0.25, -0.2) is 0 Å². The second-order valence-corrected chi connectivity index (χ2v) is 53.0. The first-order chi connectivity index (χ1) is 16.2. The van der Waals surface area contributed by atoms with Gasteiger partial charge in [-0.2, -0.15) is 0 Å². The van der Waals surface area contributed by atoms with Crippen LogP contribution in [-0.4, -0.2) is 5.92 Å². The van der Waals surface area contributed by atoms with Gasteiger partial charge < -0.3 is 0 Å². The molecule has 34 heavy (non-hydrogen) atoms. The summed E-state index contributed by atoms with van der Waals surface area (Å²) in [6, 6.07) is 24.4. The summed E-state index contributed by atoms with van der Waals surface area (Å²) >= 11 is -4.47. The summed E-state index contributed by atoms with van der Waals surface area (Å²) in [5.41, 5.74) is 10.7. The molecule has 0 fully saturated rings. The maximum atomic E-state index is 8.19. The SMILES string of the molecule is CCCC1=Cc2c(-c3ccc(C)cc3)cccc2[CH]1[Zr]([Cl])([Cl])([CH]1C=Cc2ccccc21)[SiH](C)C. The second-order valence-electron chi connectivity index (χ2n) is 10.4. The van der Waals surface area contributed by atoms with Crippen molar-refractivity contribution < 1.29 is 15.6 Å². The Morgan fingerprint density at radius 2 is 1.59 bits per heavy atom. The molecule has 4 heteroatoms. The van der Waals surface area contributed by atoms with Gasteiger partial charge in [0, 0.05) is 0 Å². The number of benzene rings is 3. The molecular weight excluding hydrogens is 551 g/mol. The van der Waals surface area contributed by atoms with Crippen LogP contribution in [0.4, 0.5) is 0 Å². The Balaban J connectivity index is 1.74. The Labute approximate surface area is 213 Å². The molecule has 2 unspecified atom stereocenters. The van der Waals surface area contributed by atoms with Crippen molar-refractivity contribution in [3.05, 3.63) is 106 Å². The summed E-state index contributed by atoms with van der Waals surface area (Å²) in [6.07, 6.45) is 9.23. The van der Waals surface area contributed by atoms with Crippen LogP contribution in [0.3, 0.4) is 0 Å². The first kappa shape index (κ1) is 24.5. The molecule has 3 aromatic carbocycles. The van der Waals surface area contributed by atoms with Crippen LogP contribution < -0.4 is 0 Å². The van der Waals surface area contributed by atoms with Crippen LogP contribution in [0.25, 0.3) is 23.3 Å². The van der Waals surface area contributed by atoms with Crippen LogP contribution in [0.5, 0.6) is 0 Å². The first-order valence-corrected chi connectivity index (χ1v) is 28.8. The molecule has 2 aliphatic carbocycles. The van der Waals surface area contributed by atoms with Crippen molar-refractivity contribution in [2.45, 2.75) is 47.0 Å². The molecule has 0 bridgehead atoms. The van der Waals surface area contributed by atoms with E-state index < -0.39 is 21.5 Å². The molecule has 175 valence electrons. The van der Waals surface area contributed by atoms with Crippen molar-refractivity contribution in [3.8, 4) is 11.1 Å². The Morgan fingerprint density at radius 3 is 2.29 bits per heavy atom. The molecule has 0 heterocycles. The predicted molar refractivity (Wildman–Crippen MR) is 151 cm³/mol. The number of fused-ring (bicyclic) bond motifs is 2. The molecule has 0 nitrogen and oxygen atoms in total. The van der Waals surface area contributed by atoms with Gasteiger partial charge in [0.1, 0.15) is 0 Å². The third kappa shape index (κ3) is 3.72. The fourth-order valence-corrected chi connectivity index (χ4v) is 35.7. The number of halogens is 2. The second kappa shape index (κ2) is 9.04. The fourth-order valence-electron chi connectivity index (χ4n) is 6.21. The molecule has 0 aromatic heterocycles. The van der Waals surface area contributed by atoms with E-state index in [0.717, 1.165) is 12.8 Å². The third-order valence-corrected chi connectivity index (χ3v) is 60.1. The van der Waals surface area contributed by atoms with Gasteiger partial charge in [-0.3, -0.25) is 0 Å². The first-order valence-electron chi connectivity index (χ1n) is 12.5. The molecule has 0 aliphatic heterocycles. The van der Waals surface area contributed by atoms with Gasteiger partial charge in [0.15, 0.2) is 0 Å². The van der Waals surface area contributed by atoms with Crippen molar-refractivity contribution in [1.29, 1.82) is 0 Å². The van der Waals surface area contributed by atoms with Crippen LogP contribution in [0, 0.1) is 6.92 Å². The molecule has 0 saturated carbocycles. The standard InChI is InChI=1S/C19H19.C9H7.C2H7Si.2ClH.Zr/c1-3-5-15-12-17-6-4-7-18(19(17)13-15)16-10-8-14(2)9-11-16;1-2-5-9-7-3-6-8(9)4-1;1-3-2;;;/h4,6-13H,3,5H2,1-2H3;1-7H;3H,1-2H3;2*1H;/q;;;;;+2/p-2. The minimum atomic E-state index is -4.47. The summed E-state index contributed by atoms with van der Waals surface area (Å²) in [5, 5.41) is 0. The molecular formula is C30H33Cl2SiZr. The number of hydrogen-bond donors (Lipinski definition) is 0. The fraction of sp³-hybridized carbons (Fsp3) is 0.267. The average molecular weight is 584 g/mol.